The predicted octanol–water partition coefficient (Wildman–Crippen LogP) is 6.92. The molecule has 10 nitrogen and oxygen atoms in total. The number of hydrogen-bond donors (Lipinski definition) is 0. The van der Waals surface area contributed by atoms with Crippen molar-refractivity contribution in [3.05, 3.63) is 179 Å². The van der Waals surface area contributed by atoms with Crippen molar-refractivity contribution in [2.24, 2.45) is 0 Å². The summed E-state index contributed by atoms with van der Waals surface area (Å²) in [5.41, 5.74) is 4.83. The topological polar surface area (TPSA) is 122 Å². The van der Waals surface area contributed by atoms with Gasteiger partial charge in [-0.15, -0.1) is 0 Å². The van der Waals surface area contributed by atoms with Crippen molar-refractivity contribution in [2.45, 2.75) is 68.5 Å². The van der Waals surface area contributed by atoms with Gasteiger partial charge in [-0.05, 0) is 22.3 Å². The predicted molar refractivity (Wildman–Crippen MR) is 217 cm³/mol. The zero-order valence-electron chi connectivity index (χ0n) is 31.5. The van der Waals surface area contributed by atoms with E-state index in [1.54, 1.807) is 0 Å². The Labute approximate surface area is 338 Å². The number of rotatable bonds is 18. The molecule has 2 aliphatic heterocycles. The summed E-state index contributed by atoms with van der Waals surface area (Å²) in [6, 6.07) is 49.4. The highest BCUT2D eigenvalue weighted by atomic mass is 32.3. The van der Waals surface area contributed by atoms with Gasteiger partial charge < -0.3 is 33.0 Å². The third-order valence-electron chi connectivity index (χ3n) is 9.95. The van der Waals surface area contributed by atoms with Gasteiger partial charge in [0.1, 0.15) is 42.0 Å². The summed E-state index contributed by atoms with van der Waals surface area (Å²) in [5, 5.41) is -0.249. The summed E-state index contributed by atoms with van der Waals surface area (Å²) in [5.74, 6) is 0.860. The van der Waals surface area contributed by atoms with E-state index in [4.69, 9.17) is 32.6 Å². The van der Waals surface area contributed by atoms with E-state index in [0.29, 0.717) is 44.5 Å². The second-order valence-corrected chi connectivity index (χ2v) is 17.4. The summed E-state index contributed by atoms with van der Waals surface area (Å²) >= 11 is 0. The highest BCUT2D eigenvalue weighted by Gasteiger charge is 2.55. The van der Waals surface area contributed by atoms with E-state index >= 15 is 0 Å². The molecule has 0 aromatic heterocycles. The van der Waals surface area contributed by atoms with Crippen LogP contribution in [0.5, 0.6) is 0 Å². The van der Waals surface area contributed by atoms with Crippen LogP contribution >= 0.6 is 0 Å². The first-order chi connectivity index (χ1) is 27.9. The minimum absolute atomic E-state index is 0.150. The van der Waals surface area contributed by atoms with Crippen molar-refractivity contribution in [2.75, 3.05) is 24.7 Å². The zero-order chi connectivity index (χ0) is 39.3. The molecule has 8 atom stereocenters. The van der Waals surface area contributed by atoms with E-state index in [9.17, 15) is 13.0 Å². The molecule has 2 unspecified atom stereocenters. The van der Waals surface area contributed by atoms with Gasteiger partial charge in [-0.1, -0.05) is 152 Å². The summed E-state index contributed by atoms with van der Waals surface area (Å²) in [6.07, 6.45) is -4.23. The van der Waals surface area contributed by atoms with Crippen LogP contribution in [0.4, 0.5) is 0 Å². The average molecular weight is 813 g/mol. The summed E-state index contributed by atoms with van der Waals surface area (Å²) in [6.45, 7) is 1.55. The summed E-state index contributed by atoms with van der Waals surface area (Å²) in [7, 11) is -5.70. The zero-order valence-corrected chi connectivity index (χ0v) is 33.2. The van der Waals surface area contributed by atoms with Crippen LogP contribution < -0.4 is 0 Å². The number of ether oxygens (including phenoxy) is 6. The van der Waals surface area contributed by atoms with Crippen LogP contribution in [0.3, 0.4) is 0 Å². The third-order valence-corrected chi connectivity index (χ3v) is 13.2. The minimum Gasteiger partial charge on any atom is -0.726 e. The van der Waals surface area contributed by atoms with Crippen molar-refractivity contribution in [1.29, 1.82) is 0 Å². The first kappa shape index (κ1) is 41.2. The lowest BCUT2D eigenvalue weighted by Crippen LogP contribution is -2.62. The van der Waals surface area contributed by atoms with Gasteiger partial charge in [-0.2, -0.15) is 0 Å². The summed E-state index contributed by atoms with van der Waals surface area (Å²) in [4.78, 5) is 0. The maximum Gasteiger partial charge on any atom is 0.218 e. The number of hydrogen-bond acceptors (Lipinski definition) is 10. The average Bonchev–Trinajstić information content (AvgIpc) is 3.24. The van der Waals surface area contributed by atoms with Crippen LogP contribution in [0, 0.1) is 0 Å². The first-order valence-corrected chi connectivity index (χ1v) is 22.0. The molecule has 5 aromatic rings. The van der Waals surface area contributed by atoms with E-state index in [-0.39, 0.29) is 11.9 Å². The van der Waals surface area contributed by atoms with E-state index in [2.05, 4.69) is 0 Å². The molecule has 2 saturated heterocycles. The second-order valence-electron chi connectivity index (χ2n) is 14.1. The van der Waals surface area contributed by atoms with Gasteiger partial charge in [-0.25, -0.2) is 8.42 Å². The molecule has 0 bridgehead atoms. The SMILES string of the molecule is O=S(=O)([O-])O[C@H]1COC(c2ccccc2)O[C@@H]1C[S+]1C[C@H](OCc2ccccc2)[C@@H](OCc2ccccc2)[C@H](OCc2ccccc2)[C@H]1COCc1ccccc1. The van der Waals surface area contributed by atoms with Crippen molar-refractivity contribution < 1.29 is 45.6 Å². The van der Waals surface area contributed by atoms with E-state index in [1.165, 1.54) is 0 Å². The Kier molecular flexibility index (Phi) is 15.0. The van der Waals surface area contributed by atoms with Crippen LogP contribution in [0.1, 0.15) is 34.1 Å². The molecule has 0 amide bonds. The standard InChI is InChI=1S/C45H48O10S2/c46-57(47,48)55-39-30-53-45(38-24-14-5-15-25-38)54-40(39)32-56-33-41(50-27-35-18-8-2-9-19-35)43(51-28-36-20-10-3-11-21-36)44(52-29-37-22-12-4-13-23-37)42(56)31-49-26-34-16-6-1-7-17-34/h1-25,39-45H,26-33H2/t39-,40+,41-,42+,43+,44+,45?,56?/m0/s1. The normalized spacial score (nSPS) is 25.2. The maximum atomic E-state index is 12.0. The van der Waals surface area contributed by atoms with Gasteiger partial charge in [0.25, 0.3) is 0 Å². The molecule has 57 heavy (non-hydrogen) atoms. The fourth-order valence-electron chi connectivity index (χ4n) is 7.11. The molecule has 0 N–H and O–H groups in total. The first-order valence-electron chi connectivity index (χ1n) is 19.1. The lowest BCUT2D eigenvalue weighted by Gasteiger charge is -2.43. The van der Waals surface area contributed by atoms with E-state index in [0.717, 1.165) is 27.8 Å². The fourth-order valence-corrected chi connectivity index (χ4v) is 10.5. The van der Waals surface area contributed by atoms with Gasteiger partial charge in [0, 0.05) is 16.5 Å². The van der Waals surface area contributed by atoms with Crippen LogP contribution in [-0.2, 0) is 80.3 Å². The van der Waals surface area contributed by atoms with Crippen molar-refractivity contribution in [3.8, 4) is 0 Å². The second kappa shape index (κ2) is 20.7. The highest BCUT2D eigenvalue weighted by Crippen LogP contribution is 2.36. The molecular weight excluding hydrogens is 765 g/mol. The lowest BCUT2D eigenvalue weighted by atomic mass is 10.0. The van der Waals surface area contributed by atoms with Gasteiger partial charge >= 0.3 is 0 Å². The Morgan fingerprint density at radius 1 is 0.596 bits per heavy atom. The Hall–Kier alpha value is -3.92. The quantitative estimate of drug-likeness (QED) is 0.0524. The summed E-state index contributed by atoms with van der Waals surface area (Å²) < 4.78 is 80.9. The minimum atomic E-state index is -5.08. The van der Waals surface area contributed by atoms with Gasteiger partial charge in [0.2, 0.25) is 10.4 Å². The number of benzene rings is 5. The smallest absolute Gasteiger partial charge is 0.218 e. The molecule has 2 heterocycles. The molecule has 2 aliphatic rings. The van der Waals surface area contributed by atoms with Crippen molar-refractivity contribution >= 4 is 21.3 Å². The van der Waals surface area contributed by atoms with Crippen molar-refractivity contribution in [3.63, 3.8) is 0 Å². The molecule has 0 aliphatic carbocycles. The Balaban J connectivity index is 1.24. The third kappa shape index (κ3) is 12.3. The Morgan fingerprint density at radius 3 is 1.60 bits per heavy atom. The molecule has 7 rings (SSSR count). The van der Waals surface area contributed by atoms with Gasteiger partial charge in [0.05, 0.1) is 39.6 Å². The molecule has 0 saturated carbocycles. The molecule has 0 radical (unpaired) electrons. The van der Waals surface area contributed by atoms with Crippen LogP contribution in [-0.4, -0.2) is 73.5 Å². The van der Waals surface area contributed by atoms with Gasteiger partial charge in [0.15, 0.2) is 11.5 Å². The molecular formula is C45H48O10S2. The Morgan fingerprint density at radius 2 is 1.07 bits per heavy atom. The van der Waals surface area contributed by atoms with Crippen LogP contribution in [0.25, 0.3) is 0 Å². The van der Waals surface area contributed by atoms with Crippen molar-refractivity contribution in [1.82, 2.24) is 0 Å². The van der Waals surface area contributed by atoms with E-state index < -0.39 is 58.1 Å². The van der Waals surface area contributed by atoms with E-state index in [1.807, 2.05) is 152 Å². The Bertz CT molecular complexity index is 2010. The highest BCUT2D eigenvalue weighted by molar-refractivity contribution is 7.97. The fraction of sp³-hybridized carbons (Fsp3) is 0.333. The molecule has 2 fully saturated rings. The van der Waals surface area contributed by atoms with Crippen LogP contribution in [0.2, 0.25) is 0 Å². The molecule has 300 valence electrons. The monoisotopic (exact) mass is 812 g/mol. The maximum absolute atomic E-state index is 12.0. The van der Waals surface area contributed by atoms with Crippen LogP contribution in [0.15, 0.2) is 152 Å². The lowest BCUT2D eigenvalue weighted by molar-refractivity contribution is -0.245. The largest absolute Gasteiger partial charge is 0.726 e. The van der Waals surface area contributed by atoms with Gasteiger partial charge in [-0.3, -0.25) is 4.18 Å². The molecule has 0 spiro atoms. The molecule has 12 heteroatoms. The molecule has 5 aromatic carbocycles.